The Morgan fingerprint density at radius 1 is 0.961 bits per heavy atom. The second-order valence-electron chi connectivity index (χ2n) is 20.7. The zero-order valence-corrected chi connectivity index (χ0v) is 46.0. The number of nitrogens with one attached hydrogen (secondary N) is 3. The third-order valence-corrected chi connectivity index (χ3v) is 15.2. The molecular weight excluding hydrogens is 1040 g/mol. The Morgan fingerprint density at radius 2 is 1.68 bits per heavy atom. The number of nitrogens with two attached hydrogens (primary N) is 1. The van der Waals surface area contributed by atoms with E-state index in [1.54, 1.807) is 48.7 Å². The summed E-state index contributed by atoms with van der Waals surface area (Å²) < 4.78 is 42.6. The largest absolute Gasteiger partial charge is 0.486 e. The highest BCUT2D eigenvalue weighted by Gasteiger charge is 2.52. The van der Waals surface area contributed by atoms with E-state index in [1.807, 2.05) is 26.0 Å². The van der Waals surface area contributed by atoms with Gasteiger partial charge in [0.25, 0.3) is 5.56 Å². The van der Waals surface area contributed by atoms with E-state index in [-0.39, 0.29) is 66.1 Å². The number of aliphatic hydroxyl groups is 2. The monoisotopic (exact) mass is 1110 g/mol. The summed E-state index contributed by atoms with van der Waals surface area (Å²) in [5, 5.41) is 31.2. The van der Waals surface area contributed by atoms with E-state index >= 15 is 0 Å². The van der Waals surface area contributed by atoms with E-state index in [9.17, 15) is 29.4 Å². The molecule has 0 unspecified atom stereocenters. The number of methoxy groups -OCH3 is 1. The van der Waals surface area contributed by atoms with Crippen LogP contribution in [-0.2, 0) is 58.6 Å². The highest BCUT2D eigenvalue weighted by Crippen LogP contribution is 2.44. The van der Waals surface area contributed by atoms with Crippen LogP contribution in [-0.4, -0.2) is 155 Å². The second-order valence-corrected chi connectivity index (χ2v) is 21.1. The number of carbonyl (C=O) groups excluding carboxylic acids is 3. The van der Waals surface area contributed by atoms with Crippen LogP contribution in [0.1, 0.15) is 82.1 Å². The molecule has 4 aromatic rings. The molecule has 7 heterocycles. The Kier molecular flexibility index (Phi) is 18.3. The molecule has 7 N–H and O–H groups in total. The summed E-state index contributed by atoms with van der Waals surface area (Å²) in [7, 11) is 3.50. The van der Waals surface area contributed by atoms with Crippen molar-refractivity contribution < 1.29 is 57.8 Å². The van der Waals surface area contributed by atoms with Gasteiger partial charge in [-0.2, -0.15) is 0 Å². The van der Waals surface area contributed by atoms with Crippen LogP contribution in [0.5, 0.6) is 17.2 Å². The zero-order chi connectivity index (χ0) is 54.0. The molecule has 0 bridgehead atoms. The van der Waals surface area contributed by atoms with Gasteiger partial charge in [-0.3, -0.25) is 14.5 Å². The molecule has 0 radical (unpaired) electrons. The van der Waals surface area contributed by atoms with Crippen molar-refractivity contribution in [2.75, 3.05) is 65.4 Å². The van der Waals surface area contributed by atoms with Crippen molar-refractivity contribution in [3.8, 4) is 28.6 Å². The molecule has 0 saturated carbocycles. The quantitative estimate of drug-likeness (QED) is 0.0417. The fourth-order valence-corrected chi connectivity index (χ4v) is 10.9. The van der Waals surface area contributed by atoms with Crippen molar-refractivity contribution in [2.24, 2.45) is 11.7 Å². The van der Waals surface area contributed by atoms with Gasteiger partial charge in [0.15, 0.2) is 16.6 Å². The van der Waals surface area contributed by atoms with Crippen molar-refractivity contribution in [3.05, 3.63) is 75.1 Å². The molecule has 2 saturated heterocycles. The minimum absolute atomic E-state index is 0. The number of benzene rings is 2. The number of ether oxygens (including phenoxy) is 7. The fourth-order valence-electron chi connectivity index (χ4n) is 10.7. The number of anilines is 1. The van der Waals surface area contributed by atoms with E-state index < -0.39 is 66.2 Å². The Labute approximate surface area is 458 Å². The number of cyclic esters (lactones) is 1. The number of hydrogen-bond acceptors (Lipinski definition) is 18. The number of hydrogen-bond donors (Lipinski definition) is 6. The minimum Gasteiger partial charge on any atom is -0.486 e. The molecule has 9 rings (SSSR count). The van der Waals surface area contributed by atoms with Crippen molar-refractivity contribution in [2.45, 2.75) is 128 Å². The van der Waals surface area contributed by atoms with E-state index in [1.165, 1.54) is 7.11 Å². The molecule has 2 fully saturated rings. The predicted octanol–water partition coefficient (Wildman–Crippen LogP) is 3.45. The summed E-state index contributed by atoms with van der Waals surface area (Å²) >= 11 is 5.69. The topological polar surface area (TPSA) is 260 Å². The first kappa shape index (κ1) is 57.5. The molecule has 5 aliphatic rings. The lowest BCUT2D eigenvalue weighted by molar-refractivity contribution is -0.272. The molecule has 0 spiro atoms. The lowest BCUT2D eigenvalue weighted by atomic mass is 9.85. The van der Waals surface area contributed by atoms with Crippen molar-refractivity contribution in [1.82, 2.24) is 30.0 Å². The Morgan fingerprint density at radius 3 is 2.35 bits per heavy atom. The van der Waals surface area contributed by atoms with Gasteiger partial charge in [0.05, 0.1) is 35.1 Å². The summed E-state index contributed by atoms with van der Waals surface area (Å²) in [6.07, 6.45) is -3.38. The van der Waals surface area contributed by atoms with Crippen LogP contribution in [0, 0.1) is 5.92 Å². The molecular formula is C54H71ClN8O13S. The van der Waals surface area contributed by atoms with Crippen LogP contribution in [0.15, 0.2) is 47.3 Å². The summed E-state index contributed by atoms with van der Waals surface area (Å²) in [6.45, 7) is 12.5. The second kappa shape index (κ2) is 24.5. The summed E-state index contributed by atoms with van der Waals surface area (Å²) in [5.74, 6) is -0.771. The number of fused-ring (bicyclic) bond motifs is 6. The number of unbranched alkanes of at least 4 members (excludes halogenated alkanes) is 1. The van der Waals surface area contributed by atoms with E-state index in [2.05, 4.69) is 32.8 Å². The first-order valence-corrected chi connectivity index (χ1v) is 26.7. The maximum Gasteiger partial charge on any atom is 0.355 e. The first-order valence-electron chi connectivity index (χ1n) is 26.2. The molecule has 0 aliphatic carbocycles. The number of amides is 1. The zero-order valence-electron chi connectivity index (χ0n) is 44.3. The van der Waals surface area contributed by atoms with Gasteiger partial charge >= 0.3 is 11.9 Å². The molecule has 5 aliphatic heterocycles. The van der Waals surface area contributed by atoms with Crippen molar-refractivity contribution >= 4 is 64.2 Å². The van der Waals surface area contributed by atoms with Gasteiger partial charge in [-0.15, -0.1) is 12.4 Å². The molecule has 1 amide bonds. The van der Waals surface area contributed by atoms with Crippen LogP contribution in [0.3, 0.4) is 0 Å². The first-order chi connectivity index (χ1) is 36.5. The predicted molar refractivity (Wildman–Crippen MR) is 291 cm³/mol. The standard InChI is InChI=1S/C54H70N8O13S.ClH/c1-7-54(37-24-41-44-35(27-62(41)49(66)36(37)28-72-52(54)68)34(26-61-18-16-60(5)17-19-61)33-23-42-43(25-39(33)57-44)71-21-20-70-42)75-50(67)40(22-29(2)3)58-48(65)38(10-8-9-15-55)59-53(76)56-31-11-13-32(14-12-31)74-51-46(64)47(69-6)45(63)30(4)73-51;/h11-14,23-25,29-30,38,40,45-47,51,63-64H,7-10,15-22,26-28,55H2,1-6H3,(H,58,65)(H2,56,59,76);1H/t30-,38-,40-,45+,46-,47+,51+,54-;/m0./s1. The lowest BCUT2D eigenvalue weighted by Gasteiger charge is -2.40. The number of carbonyl (C=O) groups is 3. The third kappa shape index (κ3) is 12.0. The number of thiocarbonyl (C=S) groups is 1. The number of halogens is 1. The number of likely N-dealkylation sites (N-methyl/N-ethyl adjacent to an activating group) is 1. The van der Waals surface area contributed by atoms with Gasteiger partial charge in [0.2, 0.25) is 17.8 Å². The average molecular weight is 1110 g/mol. The average Bonchev–Trinajstić information content (AvgIpc) is 3.77. The number of pyridine rings is 2. The van der Waals surface area contributed by atoms with Crippen molar-refractivity contribution in [1.29, 1.82) is 0 Å². The van der Waals surface area contributed by atoms with E-state index in [4.69, 9.17) is 56.1 Å². The van der Waals surface area contributed by atoms with Gasteiger partial charge in [-0.05, 0) is 113 Å². The molecule has 21 nitrogen and oxygen atoms in total. The minimum atomic E-state index is -2.03. The molecule has 77 heavy (non-hydrogen) atoms. The van der Waals surface area contributed by atoms with Gasteiger partial charge in [-0.1, -0.05) is 20.8 Å². The Hall–Kier alpha value is -5.69. The van der Waals surface area contributed by atoms with Gasteiger partial charge in [0.1, 0.15) is 56.0 Å². The highest BCUT2D eigenvalue weighted by atomic mass is 35.5. The maximum absolute atomic E-state index is 14.8. The SMILES string of the molecule is CC[C@@]1(OC(=O)[C@H](CC(C)C)NC(=O)[C@H](CCCCN)NC(=S)Nc2ccc(O[C@H]3O[C@@H](C)[C@@H](O)[C@@H](OC)[C@@H]3O)cc2)C(=O)OCc2c1cc1n(c2=O)Cc2c-1nc1cc3c(cc1c2CN1CCN(C)CC1)OCCO3.Cl. The summed E-state index contributed by atoms with van der Waals surface area (Å²) in [4.78, 5) is 68.0. The van der Waals surface area contributed by atoms with Crippen molar-refractivity contribution in [3.63, 3.8) is 0 Å². The number of rotatable bonds is 18. The van der Waals surface area contributed by atoms with Crippen LogP contribution in [0.25, 0.3) is 22.3 Å². The normalized spacial score (nSPS) is 23.6. The van der Waals surface area contributed by atoms with Crippen LogP contribution in [0.2, 0.25) is 0 Å². The number of nitrogens with zero attached hydrogens (tertiary/aromatic N) is 4. The highest BCUT2D eigenvalue weighted by molar-refractivity contribution is 7.80. The molecule has 23 heteroatoms. The molecule has 2 aromatic heterocycles. The number of aliphatic hydroxyl groups excluding tert-OH is 2. The van der Waals surface area contributed by atoms with E-state index in [0.29, 0.717) is 85.4 Å². The van der Waals surface area contributed by atoms with Gasteiger partial charge in [0, 0.05) is 68.1 Å². The van der Waals surface area contributed by atoms with Gasteiger partial charge < -0.3 is 74.5 Å². The Balaban J connectivity index is 0.00000784. The number of piperazine rings is 1. The van der Waals surface area contributed by atoms with Crippen LogP contribution in [0.4, 0.5) is 5.69 Å². The third-order valence-electron chi connectivity index (χ3n) is 15.0. The molecule has 8 atom stereocenters. The summed E-state index contributed by atoms with van der Waals surface area (Å²) in [5.41, 5.74) is 8.03. The smallest absolute Gasteiger partial charge is 0.355 e. The molecule has 418 valence electrons. The van der Waals surface area contributed by atoms with E-state index in [0.717, 1.165) is 42.7 Å². The number of esters is 2. The molecule has 2 aromatic carbocycles. The van der Waals surface area contributed by atoms with Gasteiger partial charge in [-0.25, -0.2) is 14.6 Å². The number of aromatic nitrogens is 2. The lowest BCUT2D eigenvalue weighted by Crippen LogP contribution is -2.59. The van der Waals surface area contributed by atoms with Crippen LogP contribution < -0.4 is 41.5 Å². The summed E-state index contributed by atoms with van der Waals surface area (Å²) in [6, 6.07) is 10.1. The fraction of sp³-hybridized carbons (Fsp3) is 0.556. The Bertz CT molecular complexity index is 2890. The van der Waals surface area contributed by atoms with Crippen LogP contribution >= 0.6 is 24.6 Å². The maximum atomic E-state index is 14.8.